The molecule has 5 heteroatoms. The van der Waals surface area contributed by atoms with E-state index in [1.165, 1.54) is 12.8 Å². The fourth-order valence-corrected chi connectivity index (χ4v) is 2.00. The van der Waals surface area contributed by atoms with E-state index in [-0.39, 0.29) is 5.91 Å². The molecule has 0 aromatic heterocycles. The molecule has 0 unspecified atom stereocenters. The monoisotopic (exact) mass is 304 g/mol. The van der Waals surface area contributed by atoms with E-state index in [0.29, 0.717) is 12.1 Å². The number of nitrogens with zero attached hydrogens (tertiary/aromatic N) is 1. The first-order valence-electron chi connectivity index (χ1n) is 8.04. The van der Waals surface area contributed by atoms with E-state index in [4.69, 9.17) is 0 Å². The van der Waals surface area contributed by atoms with Crippen molar-refractivity contribution in [3.05, 3.63) is 35.4 Å². The van der Waals surface area contributed by atoms with Crippen molar-refractivity contribution in [2.45, 2.75) is 39.7 Å². The largest absolute Gasteiger partial charge is 0.357 e. The summed E-state index contributed by atoms with van der Waals surface area (Å²) in [6.07, 6.45) is 3.60. The molecule has 0 atom stereocenters. The van der Waals surface area contributed by atoms with E-state index in [2.05, 4.69) is 34.8 Å². The summed E-state index contributed by atoms with van der Waals surface area (Å²) in [7, 11) is 1.63. The van der Waals surface area contributed by atoms with Crippen molar-refractivity contribution in [2.24, 2.45) is 4.99 Å². The van der Waals surface area contributed by atoms with Crippen LogP contribution in [0.1, 0.15) is 49.0 Å². The van der Waals surface area contributed by atoms with Gasteiger partial charge in [-0.1, -0.05) is 31.9 Å². The Kier molecular flexibility index (Phi) is 8.72. The summed E-state index contributed by atoms with van der Waals surface area (Å²) in [4.78, 5) is 16.1. The Hall–Kier alpha value is -2.04. The van der Waals surface area contributed by atoms with Gasteiger partial charge in [-0.15, -0.1) is 0 Å². The van der Waals surface area contributed by atoms with Gasteiger partial charge in [0.2, 0.25) is 0 Å². The number of carbonyl (C=O) groups excluding carboxylic acids is 1. The van der Waals surface area contributed by atoms with E-state index >= 15 is 0 Å². The number of benzene rings is 1. The van der Waals surface area contributed by atoms with Crippen molar-refractivity contribution in [3.63, 3.8) is 0 Å². The van der Waals surface area contributed by atoms with Crippen LogP contribution in [0.4, 0.5) is 0 Å². The lowest BCUT2D eigenvalue weighted by molar-refractivity contribution is 0.0963. The quantitative estimate of drug-likeness (QED) is 0.392. The fourth-order valence-electron chi connectivity index (χ4n) is 2.00. The lowest BCUT2D eigenvalue weighted by atomic mass is 10.1. The lowest BCUT2D eigenvalue weighted by Crippen LogP contribution is -2.37. The minimum atomic E-state index is -0.0685. The van der Waals surface area contributed by atoms with Gasteiger partial charge in [-0.05, 0) is 31.0 Å². The number of nitrogens with one attached hydrogen (secondary N) is 3. The topological polar surface area (TPSA) is 65.5 Å². The second kappa shape index (κ2) is 10.7. The van der Waals surface area contributed by atoms with Crippen LogP contribution in [0.5, 0.6) is 0 Å². The van der Waals surface area contributed by atoms with Crippen LogP contribution >= 0.6 is 0 Å². The Balaban J connectivity index is 2.55. The summed E-state index contributed by atoms with van der Waals surface area (Å²) >= 11 is 0. The van der Waals surface area contributed by atoms with Gasteiger partial charge in [-0.2, -0.15) is 0 Å². The molecule has 0 fully saturated rings. The molecule has 0 heterocycles. The molecular formula is C17H28N4O. The average Bonchev–Trinajstić information content (AvgIpc) is 2.56. The predicted octanol–water partition coefficient (Wildman–Crippen LogP) is 2.29. The minimum absolute atomic E-state index is 0.0685. The zero-order chi connectivity index (χ0) is 16.2. The maximum Gasteiger partial charge on any atom is 0.251 e. The number of amides is 1. The zero-order valence-electron chi connectivity index (χ0n) is 13.9. The van der Waals surface area contributed by atoms with Gasteiger partial charge in [-0.25, -0.2) is 4.99 Å². The predicted molar refractivity (Wildman–Crippen MR) is 92.2 cm³/mol. The smallest absolute Gasteiger partial charge is 0.251 e. The summed E-state index contributed by atoms with van der Waals surface area (Å²) in [6, 6.07) is 7.53. The third kappa shape index (κ3) is 6.61. The third-order valence-electron chi connectivity index (χ3n) is 3.28. The molecular weight excluding hydrogens is 276 g/mol. The van der Waals surface area contributed by atoms with Gasteiger partial charge in [0.05, 0.1) is 6.54 Å². The number of hydrogen-bond acceptors (Lipinski definition) is 2. The molecule has 0 radical (unpaired) electrons. The van der Waals surface area contributed by atoms with Crippen molar-refractivity contribution in [3.8, 4) is 0 Å². The number of carbonyl (C=O) groups is 1. The van der Waals surface area contributed by atoms with Crippen LogP contribution < -0.4 is 16.0 Å². The van der Waals surface area contributed by atoms with Crippen molar-refractivity contribution in [1.82, 2.24) is 16.0 Å². The number of aliphatic imine (C=N–C) groups is 1. The summed E-state index contributed by atoms with van der Waals surface area (Å²) in [5.74, 6) is 0.773. The van der Waals surface area contributed by atoms with Crippen molar-refractivity contribution in [2.75, 3.05) is 20.1 Å². The van der Waals surface area contributed by atoms with Crippen LogP contribution in [-0.4, -0.2) is 32.0 Å². The highest BCUT2D eigenvalue weighted by Crippen LogP contribution is 2.05. The highest BCUT2D eigenvalue weighted by Gasteiger charge is 2.02. The van der Waals surface area contributed by atoms with E-state index in [0.717, 1.165) is 31.0 Å². The van der Waals surface area contributed by atoms with Crippen LogP contribution in [-0.2, 0) is 6.54 Å². The number of guanidine groups is 1. The van der Waals surface area contributed by atoms with Crippen LogP contribution in [0.15, 0.2) is 29.3 Å². The fraction of sp³-hybridized carbons (Fsp3) is 0.529. The van der Waals surface area contributed by atoms with E-state index < -0.39 is 0 Å². The van der Waals surface area contributed by atoms with Gasteiger partial charge < -0.3 is 16.0 Å². The molecule has 0 saturated heterocycles. The second-order valence-electron chi connectivity index (χ2n) is 5.11. The van der Waals surface area contributed by atoms with Gasteiger partial charge >= 0.3 is 0 Å². The summed E-state index contributed by atoms with van der Waals surface area (Å²) < 4.78 is 0. The Labute approximate surface area is 133 Å². The van der Waals surface area contributed by atoms with Crippen LogP contribution in [0.3, 0.4) is 0 Å². The normalized spacial score (nSPS) is 11.1. The maximum atomic E-state index is 11.5. The van der Waals surface area contributed by atoms with Gasteiger partial charge in [0, 0.05) is 25.7 Å². The Morgan fingerprint density at radius 2 is 1.82 bits per heavy atom. The molecule has 1 aromatic carbocycles. The molecule has 1 rings (SSSR count). The second-order valence-corrected chi connectivity index (χ2v) is 5.11. The molecule has 0 saturated carbocycles. The Morgan fingerprint density at radius 1 is 1.09 bits per heavy atom. The van der Waals surface area contributed by atoms with Crippen LogP contribution in [0.2, 0.25) is 0 Å². The minimum Gasteiger partial charge on any atom is -0.357 e. The molecule has 5 nitrogen and oxygen atoms in total. The number of rotatable bonds is 8. The molecule has 0 bridgehead atoms. The summed E-state index contributed by atoms with van der Waals surface area (Å²) in [6.45, 7) is 6.63. The molecule has 22 heavy (non-hydrogen) atoms. The zero-order valence-corrected chi connectivity index (χ0v) is 13.9. The van der Waals surface area contributed by atoms with Crippen molar-refractivity contribution < 1.29 is 4.79 Å². The third-order valence-corrected chi connectivity index (χ3v) is 3.28. The lowest BCUT2D eigenvalue weighted by Gasteiger charge is -2.11. The first-order chi connectivity index (χ1) is 10.7. The van der Waals surface area contributed by atoms with Crippen LogP contribution in [0, 0.1) is 0 Å². The highest BCUT2D eigenvalue weighted by atomic mass is 16.1. The number of hydrogen-bond donors (Lipinski definition) is 3. The molecule has 0 aliphatic rings. The van der Waals surface area contributed by atoms with Gasteiger partial charge in [0.1, 0.15) is 0 Å². The van der Waals surface area contributed by atoms with E-state index in [1.54, 1.807) is 7.05 Å². The molecule has 0 spiro atoms. The van der Waals surface area contributed by atoms with Crippen molar-refractivity contribution in [1.29, 1.82) is 0 Å². The average molecular weight is 304 g/mol. The standard InChI is InChI=1S/C17H28N4O/c1-4-6-7-12-20-17(19-5-2)21-13-14-8-10-15(11-9-14)16(22)18-3/h8-11H,4-7,12-13H2,1-3H3,(H,18,22)(H2,19,20,21). The Morgan fingerprint density at radius 3 is 2.41 bits per heavy atom. The summed E-state index contributed by atoms with van der Waals surface area (Å²) in [5, 5.41) is 9.20. The highest BCUT2D eigenvalue weighted by molar-refractivity contribution is 5.93. The Bertz CT molecular complexity index is 468. The van der Waals surface area contributed by atoms with Gasteiger partial charge in [-0.3, -0.25) is 4.79 Å². The van der Waals surface area contributed by atoms with E-state index in [1.807, 2.05) is 24.3 Å². The summed E-state index contributed by atoms with van der Waals surface area (Å²) in [5.41, 5.74) is 1.75. The molecule has 0 aliphatic carbocycles. The molecule has 0 aliphatic heterocycles. The molecule has 122 valence electrons. The molecule has 1 amide bonds. The first kappa shape index (κ1) is 18.0. The van der Waals surface area contributed by atoms with Gasteiger partial charge in [0.15, 0.2) is 5.96 Å². The first-order valence-corrected chi connectivity index (χ1v) is 8.04. The maximum absolute atomic E-state index is 11.5. The SMILES string of the molecule is CCCCCNC(=NCc1ccc(C(=O)NC)cc1)NCC. The van der Waals surface area contributed by atoms with E-state index in [9.17, 15) is 4.79 Å². The number of unbranched alkanes of at least 4 members (excludes halogenated alkanes) is 2. The van der Waals surface area contributed by atoms with Crippen LogP contribution in [0.25, 0.3) is 0 Å². The van der Waals surface area contributed by atoms with Crippen molar-refractivity contribution >= 4 is 11.9 Å². The molecule has 3 N–H and O–H groups in total. The molecule has 1 aromatic rings. The van der Waals surface area contributed by atoms with Gasteiger partial charge in [0.25, 0.3) is 5.91 Å².